The molecule has 0 bridgehead atoms. The predicted molar refractivity (Wildman–Crippen MR) is 66.7 cm³/mol. The maximum absolute atomic E-state index is 12.5. The fourth-order valence-electron chi connectivity index (χ4n) is 1.97. The molecule has 1 aliphatic rings. The van der Waals surface area contributed by atoms with Gasteiger partial charge in [0.2, 0.25) is 5.91 Å². The van der Waals surface area contributed by atoms with Gasteiger partial charge in [0.15, 0.2) is 0 Å². The van der Waals surface area contributed by atoms with Crippen molar-refractivity contribution in [3.63, 3.8) is 0 Å². The second-order valence-corrected chi connectivity index (χ2v) is 4.99. The van der Waals surface area contributed by atoms with Gasteiger partial charge >= 0.3 is 11.9 Å². The van der Waals surface area contributed by atoms with Crippen molar-refractivity contribution in [1.82, 2.24) is 14.0 Å². The highest BCUT2D eigenvalue weighted by molar-refractivity contribution is 5.76. The third kappa shape index (κ3) is 3.73. The molecule has 9 heteroatoms. The Bertz CT molecular complexity index is 658. The lowest BCUT2D eigenvalue weighted by Crippen LogP contribution is -2.45. The Labute approximate surface area is 117 Å². The summed E-state index contributed by atoms with van der Waals surface area (Å²) >= 11 is 0. The highest BCUT2D eigenvalue weighted by Gasteiger charge is 2.40. The van der Waals surface area contributed by atoms with E-state index in [0.717, 1.165) is 26.3 Å². The number of carbonyl (C=O) groups is 1. The van der Waals surface area contributed by atoms with E-state index in [1.165, 1.54) is 7.05 Å². The molecule has 0 saturated heterocycles. The molecule has 1 saturated carbocycles. The van der Waals surface area contributed by atoms with E-state index in [9.17, 15) is 27.6 Å². The molecule has 21 heavy (non-hydrogen) atoms. The first-order valence-electron chi connectivity index (χ1n) is 6.32. The lowest BCUT2D eigenvalue weighted by Gasteiger charge is -2.24. The van der Waals surface area contributed by atoms with Gasteiger partial charge in [0.1, 0.15) is 13.1 Å². The molecule has 1 aliphatic carbocycles. The summed E-state index contributed by atoms with van der Waals surface area (Å²) in [7, 11) is 1.24. The largest absolute Gasteiger partial charge is 0.406 e. The first kappa shape index (κ1) is 15.3. The topological polar surface area (TPSA) is 64.3 Å². The molecule has 1 amide bonds. The molecule has 1 fully saturated rings. The van der Waals surface area contributed by atoms with E-state index in [2.05, 4.69) is 0 Å². The van der Waals surface area contributed by atoms with Crippen LogP contribution in [0, 0.1) is 0 Å². The Balaban J connectivity index is 2.18. The van der Waals surface area contributed by atoms with E-state index in [1.54, 1.807) is 0 Å². The van der Waals surface area contributed by atoms with Crippen molar-refractivity contribution in [2.45, 2.75) is 31.6 Å². The van der Waals surface area contributed by atoms with Crippen molar-refractivity contribution in [2.75, 3.05) is 6.54 Å². The zero-order valence-corrected chi connectivity index (χ0v) is 11.3. The maximum atomic E-state index is 12.5. The summed E-state index contributed by atoms with van der Waals surface area (Å²) in [6, 6.07) is 0.669. The molecule has 0 radical (unpaired) electrons. The zero-order chi connectivity index (χ0) is 15.8. The number of carbonyl (C=O) groups excluding carboxylic acids is 1. The lowest BCUT2D eigenvalue weighted by molar-refractivity contribution is -0.162. The SMILES string of the molecule is Cn1c(=O)ccn(CC(=O)N(CC(F)(F)F)C2CC2)c1=O. The van der Waals surface area contributed by atoms with Gasteiger partial charge in [-0.1, -0.05) is 0 Å². The van der Waals surface area contributed by atoms with Crippen LogP contribution in [-0.4, -0.2) is 38.7 Å². The molecule has 1 aromatic heterocycles. The Morgan fingerprint density at radius 1 is 1.38 bits per heavy atom. The van der Waals surface area contributed by atoms with E-state index in [4.69, 9.17) is 0 Å². The van der Waals surface area contributed by atoms with Crippen LogP contribution in [0.1, 0.15) is 12.8 Å². The summed E-state index contributed by atoms with van der Waals surface area (Å²) in [5.41, 5.74) is -1.28. The molecule has 6 nitrogen and oxygen atoms in total. The Morgan fingerprint density at radius 2 is 2.00 bits per heavy atom. The Morgan fingerprint density at radius 3 is 2.52 bits per heavy atom. The zero-order valence-electron chi connectivity index (χ0n) is 11.3. The number of hydrogen-bond acceptors (Lipinski definition) is 3. The normalized spacial score (nSPS) is 15.0. The summed E-state index contributed by atoms with van der Waals surface area (Å²) in [6.45, 7) is -1.84. The van der Waals surface area contributed by atoms with Crippen molar-refractivity contribution in [3.8, 4) is 0 Å². The number of amides is 1. The number of hydrogen-bond donors (Lipinski definition) is 0. The van der Waals surface area contributed by atoms with E-state index < -0.39 is 42.5 Å². The number of nitrogens with zero attached hydrogens (tertiary/aromatic N) is 3. The van der Waals surface area contributed by atoms with Crippen molar-refractivity contribution >= 4 is 5.91 Å². The number of halogens is 3. The van der Waals surface area contributed by atoms with Gasteiger partial charge in [0.25, 0.3) is 5.56 Å². The maximum Gasteiger partial charge on any atom is 0.406 e. The minimum absolute atomic E-state index is 0.414. The van der Waals surface area contributed by atoms with Crippen molar-refractivity contribution in [3.05, 3.63) is 33.1 Å². The van der Waals surface area contributed by atoms with Crippen LogP contribution < -0.4 is 11.2 Å². The molecule has 116 valence electrons. The van der Waals surface area contributed by atoms with Crippen LogP contribution in [0.15, 0.2) is 21.9 Å². The van der Waals surface area contributed by atoms with Crippen LogP contribution in [0.3, 0.4) is 0 Å². The molecule has 2 rings (SSSR count). The third-order valence-corrected chi connectivity index (χ3v) is 3.22. The van der Waals surface area contributed by atoms with Gasteiger partial charge in [-0.25, -0.2) is 4.79 Å². The van der Waals surface area contributed by atoms with Gasteiger partial charge in [-0.15, -0.1) is 0 Å². The van der Waals surface area contributed by atoms with Crippen molar-refractivity contribution in [1.29, 1.82) is 0 Å². The van der Waals surface area contributed by atoms with Crippen LogP contribution in [0.2, 0.25) is 0 Å². The van der Waals surface area contributed by atoms with Gasteiger partial charge in [0.05, 0.1) is 0 Å². The monoisotopic (exact) mass is 305 g/mol. The molecule has 0 spiro atoms. The first-order chi connectivity index (χ1) is 9.69. The fraction of sp³-hybridized carbons (Fsp3) is 0.583. The third-order valence-electron chi connectivity index (χ3n) is 3.22. The number of alkyl halides is 3. The molecule has 1 aromatic rings. The Kier molecular flexibility index (Phi) is 3.93. The molecule has 0 N–H and O–H groups in total. The smallest absolute Gasteiger partial charge is 0.329 e. The lowest BCUT2D eigenvalue weighted by atomic mass is 10.4. The highest BCUT2D eigenvalue weighted by atomic mass is 19.4. The molecule has 1 heterocycles. The van der Waals surface area contributed by atoms with Gasteiger partial charge < -0.3 is 4.90 Å². The quantitative estimate of drug-likeness (QED) is 0.792. The summed E-state index contributed by atoms with van der Waals surface area (Å²) in [4.78, 5) is 35.7. The van der Waals surface area contributed by atoms with E-state index in [0.29, 0.717) is 12.8 Å². The Hall–Kier alpha value is -2.06. The molecule has 0 atom stereocenters. The van der Waals surface area contributed by atoms with Gasteiger partial charge in [0, 0.05) is 25.4 Å². The van der Waals surface area contributed by atoms with Crippen LogP contribution in [0.4, 0.5) is 13.2 Å². The molecule has 0 unspecified atom stereocenters. The molecular formula is C12H14F3N3O3. The second kappa shape index (κ2) is 5.38. The van der Waals surface area contributed by atoms with Gasteiger partial charge in [-0.3, -0.25) is 18.7 Å². The second-order valence-electron chi connectivity index (χ2n) is 4.99. The van der Waals surface area contributed by atoms with Crippen LogP contribution in [-0.2, 0) is 18.4 Å². The fourth-order valence-corrected chi connectivity index (χ4v) is 1.97. The van der Waals surface area contributed by atoms with Gasteiger partial charge in [-0.2, -0.15) is 13.2 Å². The first-order valence-corrected chi connectivity index (χ1v) is 6.32. The molecule has 0 aliphatic heterocycles. The standard InChI is InChI=1S/C12H14F3N3O3/c1-16-9(19)4-5-17(11(16)21)6-10(20)18(8-2-3-8)7-12(13,14)15/h4-5,8H,2-3,6-7H2,1H3. The van der Waals surface area contributed by atoms with Crippen molar-refractivity contribution in [2.24, 2.45) is 7.05 Å². The number of rotatable bonds is 4. The minimum Gasteiger partial charge on any atom is -0.329 e. The minimum atomic E-state index is -4.48. The summed E-state index contributed by atoms with van der Waals surface area (Å²) in [5, 5.41) is 0. The van der Waals surface area contributed by atoms with E-state index in [1.807, 2.05) is 0 Å². The molecular weight excluding hydrogens is 291 g/mol. The van der Waals surface area contributed by atoms with Crippen molar-refractivity contribution < 1.29 is 18.0 Å². The average Bonchev–Trinajstić information content (AvgIpc) is 3.20. The average molecular weight is 305 g/mol. The van der Waals surface area contributed by atoms with Crippen LogP contribution >= 0.6 is 0 Å². The highest BCUT2D eigenvalue weighted by Crippen LogP contribution is 2.30. The summed E-state index contributed by atoms with van der Waals surface area (Å²) in [6.07, 6.45) is -2.30. The summed E-state index contributed by atoms with van der Waals surface area (Å²) in [5.74, 6) is -0.782. The number of aromatic nitrogens is 2. The molecule has 0 aromatic carbocycles. The van der Waals surface area contributed by atoms with Crippen LogP contribution in [0.25, 0.3) is 0 Å². The summed E-state index contributed by atoms with van der Waals surface area (Å²) < 4.78 is 39.2. The van der Waals surface area contributed by atoms with Gasteiger partial charge in [-0.05, 0) is 12.8 Å². The van der Waals surface area contributed by atoms with Crippen LogP contribution in [0.5, 0.6) is 0 Å². The van der Waals surface area contributed by atoms with E-state index >= 15 is 0 Å². The van der Waals surface area contributed by atoms with E-state index in [-0.39, 0.29) is 0 Å². The predicted octanol–water partition coefficient (Wildman–Crippen LogP) is 0.100.